The van der Waals surface area contributed by atoms with Crippen molar-refractivity contribution in [1.29, 1.82) is 0 Å². The maximum atomic E-state index is 5.78. The Balaban J connectivity index is 2.63. The smallest absolute Gasteiger partial charge is 0.0578 e. The third-order valence-electron chi connectivity index (χ3n) is 3.57. The molecule has 0 aliphatic carbocycles. The number of ether oxygens (including phenoxy) is 1. The molecule has 1 heterocycles. The number of hydrogen-bond donors (Lipinski definition) is 0. The normalized spacial score (nSPS) is 52.6. The summed E-state index contributed by atoms with van der Waals surface area (Å²) in [6, 6.07) is 0. The van der Waals surface area contributed by atoms with E-state index < -0.39 is 0 Å². The predicted molar refractivity (Wildman–Crippen MR) is 47.5 cm³/mol. The minimum Gasteiger partial charge on any atom is -0.375 e. The highest BCUT2D eigenvalue weighted by Crippen LogP contribution is 2.34. The van der Waals surface area contributed by atoms with Crippen LogP contribution < -0.4 is 0 Å². The van der Waals surface area contributed by atoms with Crippen molar-refractivity contribution in [3.05, 3.63) is 0 Å². The molecule has 11 heavy (non-hydrogen) atoms. The fourth-order valence-electron chi connectivity index (χ4n) is 1.92. The van der Waals surface area contributed by atoms with Gasteiger partial charge in [0, 0.05) is 0 Å². The van der Waals surface area contributed by atoms with Crippen LogP contribution in [0.1, 0.15) is 34.6 Å². The first-order chi connectivity index (χ1) is 5.04. The van der Waals surface area contributed by atoms with Gasteiger partial charge >= 0.3 is 0 Å². The Morgan fingerprint density at radius 3 is 1.36 bits per heavy atom. The molecule has 0 aromatic carbocycles. The molecule has 1 rings (SSSR count). The van der Waals surface area contributed by atoms with Gasteiger partial charge in [0.25, 0.3) is 0 Å². The molecule has 1 saturated heterocycles. The Kier molecular flexibility index (Phi) is 2.58. The molecule has 0 spiro atoms. The average Bonchev–Trinajstić information content (AvgIpc) is 1.97. The lowest BCUT2D eigenvalue weighted by molar-refractivity contribution is -0.116. The third kappa shape index (κ3) is 1.58. The quantitative estimate of drug-likeness (QED) is 0.524. The van der Waals surface area contributed by atoms with E-state index >= 15 is 0 Å². The van der Waals surface area contributed by atoms with Crippen LogP contribution in [0.15, 0.2) is 0 Å². The molecule has 66 valence electrons. The van der Waals surface area contributed by atoms with Gasteiger partial charge in [-0.15, -0.1) is 0 Å². The van der Waals surface area contributed by atoms with E-state index in [1.165, 1.54) is 0 Å². The lowest BCUT2D eigenvalue weighted by Crippen LogP contribution is -2.41. The summed E-state index contributed by atoms with van der Waals surface area (Å²) in [6.45, 7) is 11.3. The van der Waals surface area contributed by atoms with E-state index in [1.807, 2.05) is 0 Å². The van der Waals surface area contributed by atoms with Crippen LogP contribution in [0.25, 0.3) is 0 Å². The Bertz CT molecular complexity index is 119. The lowest BCUT2D eigenvalue weighted by Gasteiger charge is -2.41. The van der Waals surface area contributed by atoms with Gasteiger partial charge < -0.3 is 4.74 Å². The van der Waals surface area contributed by atoms with Gasteiger partial charge in [-0.3, -0.25) is 0 Å². The highest BCUT2D eigenvalue weighted by molar-refractivity contribution is 4.81. The summed E-state index contributed by atoms with van der Waals surface area (Å²) in [5.74, 6) is 2.22. The van der Waals surface area contributed by atoms with Crippen LogP contribution in [0.5, 0.6) is 0 Å². The molecule has 0 bridgehead atoms. The van der Waals surface area contributed by atoms with Crippen LogP contribution in [-0.4, -0.2) is 12.2 Å². The van der Waals surface area contributed by atoms with Gasteiger partial charge in [-0.05, 0) is 31.6 Å². The zero-order chi connectivity index (χ0) is 8.59. The molecule has 0 saturated carbocycles. The van der Waals surface area contributed by atoms with E-state index in [0.29, 0.717) is 24.0 Å². The molecule has 3 unspecified atom stereocenters. The van der Waals surface area contributed by atoms with Gasteiger partial charge in [0.15, 0.2) is 0 Å². The van der Waals surface area contributed by atoms with Crippen molar-refractivity contribution in [2.75, 3.05) is 0 Å². The van der Waals surface area contributed by atoms with Crippen molar-refractivity contribution < 1.29 is 4.74 Å². The second-order valence-corrected chi connectivity index (χ2v) is 4.12. The Labute approximate surface area is 70.1 Å². The van der Waals surface area contributed by atoms with Crippen LogP contribution in [0, 0.1) is 17.8 Å². The molecule has 0 amide bonds. The van der Waals surface area contributed by atoms with Crippen LogP contribution >= 0.6 is 0 Å². The Morgan fingerprint density at radius 1 is 0.636 bits per heavy atom. The van der Waals surface area contributed by atoms with Gasteiger partial charge in [-0.2, -0.15) is 0 Å². The molecule has 0 radical (unpaired) electrons. The summed E-state index contributed by atoms with van der Waals surface area (Å²) in [7, 11) is 0. The first-order valence-electron chi connectivity index (χ1n) is 4.69. The van der Waals surface area contributed by atoms with E-state index in [4.69, 9.17) is 4.74 Å². The van der Waals surface area contributed by atoms with Crippen molar-refractivity contribution in [2.24, 2.45) is 17.8 Å². The van der Waals surface area contributed by atoms with Gasteiger partial charge in [0.1, 0.15) is 0 Å². The Morgan fingerprint density at radius 2 is 1.00 bits per heavy atom. The van der Waals surface area contributed by atoms with Crippen molar-refractivity contribution >= 4 is 0 Å². The largest absolute Gasteiger partial charge is 0.375 e. The van der Waals surface area contributed by atoms with Crippen LogP contribution in [-0.2, 0) is 4.74 Å². The summed E-state index contributed by atoms with van der Waals surface area (Å²) in [5, 5.41) is 0. The van der Waals surface area contributed by atoms with E-state index in [2.05, 4.69) is 34.6 Å². The van der Waals surface area contributed by atoms with Gasteiger partial charge in [0.05, 0.1) is 12.2 Å². The number of rotatable bonds is 0. The third-order valence-corrected chi connectivity index (χ3v) is 3.57. The average molecular weight is 156 g/mol. The minimum absolute atomic E-state index is 0.441. The van der Waals surface area contributed by atoms with Crippen molar-refractivity contribution in [1.82, 2.24) is 0 Å². The topological polar surface area (TPSA) is 9.23 Å². The summed E-state index contributed by atoms with van der Waals surface area (Å²) >= 11 is 0. The van der Waals surface area contributed by atoms with Gasteiger partial charge in [0.2, 0.25) is 0 Å². The first-order valence-corrected chi connectivity index (χ1v) is 4.69. The van der Waals surface area contributed by atoms with Crippen molar-refractivity contribution in [3.63, 3.8) is 0 Å². The van der Waals surface area contributed by atoms with Crippen molar-refractivity contribution in [3.8, 4) is 0 Å². The fraction of sp³-hybridized carbons (Fsp3) is 1.00. The van der Waals surface area contributed by atoms with Gasteiger partial charge in [-0.1, -0.05) is 20.8 Å². The molecule has 5 atom stereocenters. The van der Waals surface area contributed by atoms with Crippen molar-refractivity contribution in [2.45, 2.75) is 46.8 Å². The molecular formula is C10H20O. The highest BCUT2D eigenvalue weighted by atomic mass is 16.5. The van der Waals surface area contributed by atoms with Gasteiger partial charge in [-0.25, -0.2) is 0 Å². The maximum absolute atomic E-state index is 5.78. The van der Waals surface area contributed by atoms with Crippen LogP contribution in [0.3, 0.4) is 0 Å². The second kappa shape index (κ2) is 3.14. The van der Waals surface area contributed by atoms with E-state index in [1.54, 1.807) is 0 Å². The molecule has 1 aliphatic heterocycles. The predicted octanol–water partition coefficient (Wildman–Crippen LogP) is 2.70. The first kappa shape index (κ1) is 9.05. The highest BCUT2D eigenvalue weighted by Gasteiger charge is 2.34. The molecule has 1 heteroatoms. The molecule has 0 N–H and O–H groups in total. The molecule has 1 fully saturated rings. The second-order valence-electron chi connectivity index (χ2n) is 4.12. The molecule has 0 aromatic heterocycles. The van der Waals surface area contributed by atoms with E-state index in [-0.39, 0.29) is 0 Å². The fourth-order valence-corrected chi connectivity index (χ4v) is 1.92. The molecule has 0 aromatic rings. The van der Waals surface area contributed by atoms with Crippen LogP contribution in [0.2, 0.25) is 0 Å². The summed E-state index contributed by atoms with van der Waals surface area (Å²) < 4.78 is 5.78. The summed E-state index contributed by atoms with van der Waals surface area (Å²) in [4.78, 5) is 0. The molecule has 1 aliphatic rings. The monoisotopic (exact) mass is 156 g/mol. The van der Waals surface area contributed by atoms with Crippen LogP contribution in [0.4, 0.5) is 0 Å². The lowest BCUT2D eigenvalue weighted by atomic mass is 9.77. The standard InChI is InChI=1S/C10H20O/c1-6-7(2)9(4)11-10(5)8(6)3/h6-10H,1-5H3/t6?,7-,8?,9?,10+/m0/s1. The zero-order valence-electron chi connectivity index (χ0n) is 8.29. The van der Waals surface area contributed by atoms with E-state index in [0.717, 1.165) is 5.92 Å². The number of hydrogen-bond acceptors (Lipinski definition) is 1. The summed E-state index contributed by atoms with van der Waals surface area (Å²) in [6.07, 6.45) is 0.882. The molecule has 1 nitrogen and oxygen atoms in total. The SMILES string of the molecule is CC1O[C@H](C)C(C)C(C)[C@@H]1C. The minimum atomic E-state index is 0.441. The maximum Gasteiger partial charge on any atom is 0.0578 e. The summed E-state index contributed by atoms with van der Waals surface area (Å²) in [5.41, 5.74) is 0. The Hall–Kier alpha value is -0.0400. The molecular weight excluding hydrogens is 136 g/mol. The zero-order valence-corrected chi connectivity index (χ0v) is 8.29. The van der Waals surface area contributed by atoms with E-state index in [9.17, 15) is 0 Å².